The summed E-state index contributed by atoms with van der Waals surface area (Å²) in [7, 11) is -3.67. The monoisotopic (exact) mass is 462 g/mol. The molecule has 1 amide bonds. The number of benzene rings is 2. The Morgan fingerprint density at radius 1 is 1.18 bits per heavy atom. The number of nitriles is 1. The minimum atomic E-state index is -3.67. The van der Waals surface area contributed by atoms with E-state index in [0.717, 1.165) is 18.4 Å². The molecule has 3 aromatic rings. The Hall–Kier alpha value is -3.74. The Kier molecular flexibility index (Phi) is 6.40. The molecular weight excluding hydrogens is 440 g/mol. The lowest BCUT2D eigenvalue weighted by Crippen LogP contribution is -2.26. The summed E-state index contributed by atoms with van der Waals surface area (Å²) in [6.07, 6.45) is 3.61. The SMILES string of the molecule is Cc1cc(Oc2ncccc2C#N)ccc1NC(=O)c1cccc(S(=O)(=O)NCC2CC2)c1. The van der Waals surface area contributed by atoms with Crippen molar-refractivity contribution in [1.29, 1.82) is 5.26 Å². The molecular formula is C24H22N4O4S. The van der Waals surface area contributed by atoms with E-state index in [1.165, 1.54) is 18.3 Å². The molecule has 1 saturated carbocycles. The molecule has 0 saturated heterocycles. The largest absolute Gasteiger partial charge is 0.438 e. The van der Waals surface area contributed by atoms with E-state index < -0.39 is 15.9 Å². The molecule has 4 rings (SSSR count). The molecule has 1 aliphatic carbocycles. The molecule has 1 heterocycles. The van der Waals surface area contributed by atoms with Crippen molar-refractivity contribution in [3.63, 3.8) is 0 Å². The third kappa shape index (κ3) is 5.55. The van der Waals surface area contributed by atoms with Crippen molar-refractivity contribution in [3.8, 4) is 17.7 Å². The molecule has 0 aliphatic heterocycles. The van der Waals surface area contributed by atoms with Gasteiger partial charge in [0, 0.05) is 24.0 Å². The van der Waals surface area contributed by atoms with Crippen LogP contribution in [0, 0.1) is 24.2 Å². The van der Waals surface area contributed by atoms with Crippen LogP contribution < -0.4 is 14.8 Å². The first-order chi connectivity index (χ1) is 15.9. The first-order valence-corrected chi connectivity index (χ1v) is 11.9. The number of aryl methyl sites for hydroxylation is 1. The van der Waals surface area contributed by atoms with Crippen LogP contribution in [0.3, 0.4) is 0 Å². The first-order valence-electron chi connectivity index (χ1n) is 10.4. The van der Waals surface area contributed by atoms with Gasteiger partial charge in [0.1, 0.15) is 17.4 Å². The molecule has 9 heteroatoms. The van der Waals surface area contributed by atoms with Crippen molar-refractivity contribution < 1.29 is 17.9 Å². The first kappa shape index (κ1) is 22.5. The molecule has 1 fully saturated rings. The molecule has 0 bridgehead atoms. The fourth-order valence-corrected chi connectivity index (χ4v) is 4.30. The number of hydrogen-bond acceptors (Lipinski definition) is 6. The number of sulfonamides is 1. The highest BCUT2D eigenvalue weighted by Crippen LogP contribution is 2.29. The number of hydrogen-bond donors (Lipinski definition) is 2. The summed E-state index contributed by atoms with van der Waals surface area (Å²) in [5.41, 5.74) is 1.82. The average Bonchev–Trinajstić information content (AvgIpc) is 3.65. The normalized spacial score (nSPS) is 13.2. The molecule has 2 aromatic carbocycles. The van der Waals surface area contributed by atoms with Crippen LogP contribution in [0.15, 0.2) is 65.7 Å². The standard InChI is InChI=1S/C24H22N4O4S/c1-16-12-20(32-24-19(14-25)5-3-11-26-24)9-10-22(16)28-23(29)18-4-2-6-21(13-18)33(30,31)27-15-17-7-8-17/h2-6,9-13,17,27H,7-8,15H2,1H3,(H,28,29). The lowest BCUT2D eigenvalue weighted by Gasteiger charge is -2.12. The molecule has 0 atom stereocenters. The molecule has 1 aromatic heterocycles. The van der Waals surface area contributed by atoms with Crippen molar-refractivity contribution in [3.05, 3.63) is 77.5 Å². The van der Waals surface area contributed by atoms with Gasteiger partial charge in [-0.1, -0.05) is 6.07 Å². The Morgan fingerprint density at radius 2 is 2.00 bits per heavy atom. The maximum atomic E-state index is 12.8. The van der Waals surface area contributed by atoms with Crippen LogP contribution in [-0.2, 0) is 10.0 Å². The lowest BCUT2D eigenvalue weighted by molar-refractivity contribution is 0.102. The minimum Gasteiger partial charge on any atom is -0.438 e. The zero-order chi connectivity index (χ0) is 23.4. The van der Waals surface area contributed by atoms with Crippen molar-refractivity contribution >= 4 is 21.6 Å². The van der Waals surface area contributed by atoms with E-state index in [0.29, 0.717) is 29.5 Å². The topological polar surface area (TPSA) is 121 Å². The maximum Gasteiger partial charge on any atom is 0.255 e. The number of amides is 1. The van der Waals surface area contributed by atoms with Gasteiger partial charge in [0.25, 0.3) is 5.91 Å². The molecule has 0 spiro atoms. The Morgan fingerprint density at radius 3 is 2.73 bits per heavy atom. The second-order valence-electron chi connectivity index (χ2n) is 7.82. The van der Waals surface area contributed by atoms with Crippen molar-refractivity contribution in [2.24, 2.45) is 5.92 Å². The number of ether oxygens (including phenoxy) is 1. The quantitative estimate of drug-likeness (QED) is 0.522. The Bertz CT molecular complexity index is 1340. The van der Waals surface area contributed by atoms with Gasteiger partial charge in [-0.25, -0.2) is 18.1 Å². The Labute approximate surface area is 192 Å². The summed E-state index contributed by atoms with van der Waals surface area (Å²) >= 11 is 0. The van der Waals surface area contributed by atoms with Gasteiger partial charge in [0.05, 0.1) is 4.90 Å². The number of rotatable bonds is 8. The fraction of sp³-hybridized carbons (Fsp3) is 0.208. The number of pyridine rings is 1. The fourth-order valence-electron chi connectivity index (χ4n) is 3.14. The second kappa shape index (κ2) is 9.40. The van der Waals surface area contributed by atoms with Crippen LogP contribution in [0.5, 0.6) is 11.6 Å². The van der Waals surface area contributed by atoms with E-state index in [-0.39, 0.29) is 16.3 Å². The average molecular weight is 463 g/mol. The van der Waals surface area contributed by atoms with Crippen LogP contribution in [0.1, 0.15) is 34.3 Å². The van der Waals surface area contributed by atoms with Gasteiger partial charge in [0.15, 0.2) is 0 Å². The highest BCUT2D eigenvalue weighted by atomic mass is 32.2. The molecule has 168 valence electrons. The highest BCUT2D eigenvalue weighted by molar-refractivity contribution is 7.89. The predicted octanol–water partition coefficient (Wildman–Crippen LogP) is 3.99. The third-order valence-electron chi connectivity index (χ3n) is 5.22. The lowest BCUT2D eigenvalue weighted by atomic mass is 10.1. The van der Waals surface area contributed by atoms with E-state index in [1.807, 2.05) is 6.07 Å². The van der Waals surface area contributed by atoms with Gasteiger partial charge in [-0.3, -0.25) is 4.79 Å². The molecule has 1 aliphatic rings. The number of carbonyl (C=O) groups is 1. The predicted molar refractivity (Wildman–Crippen MR) is 123 cm³/mol. The van der Waals surface area contributed by atoms with Crippen LogP contribution >= 0.6 is 0 Å². The number of anilines is 1. The summed E-state index contributed by atoms with van der Waals surface area (Å²) in [6.45, 7) is 2.22. The van der Waals surface area contributed by atoms with E-state index in [2.05, 4.69) is 15.0 Å². The molecule has 8 nitrogen and oxygen atoms in total. The number of carbonyl (C=O) groups excluding carboxylic acids is 1. The number of nitrogens with one attached hydrogen (secondary N) is 2. The zero-order valence-corrected chi connectivity index (χ0v) is 18.7. The maximum absolute atomic E-state index is 12.8. The summed E-state index contributed by atoms with van der Waals surface area (Å²) in [4.78, 5) is 16.9. The second-order valence-corrected chi connectivity index (χ2v) is 9.59. The van der Waals surface area contributed by atoms with Gasteiger partial charge >= 0.3 is 0 Å². The highest BCUT2D eigenvalue weighted by Gasteiger charge is 2.24. The minimum absolute atomic E-state index is 0.0555. The van der Waals surface area contributed by atoms with Gasteiger partial charge < -0.3 is 10.1 Å². The van der Waals surface area contributed by atoms with Crippen molar-refractivity contribution in [2.45, 2.75) is 24.7 Å². The van der Waals surface area contributed by atoms with Crippen LogP contribution in [0.25, 0.3) is 0 Å². The van der Waals surface area contributed by atoms with E-state index in [9.17, 15) is 18.5 Å². The van der Waals surface area contributed by atoms with Crippen molar-refractivity contribution in [2.75, 3.05) is 11.9 Å². The molecule has 0 radical (unpaired) electrons. The van der Waals surface area contributed by atoms with Crippen molar-refractivity contribution in [1.82, 2.24) is 9.71 Å². The smallest absolute Gasteiger partial charge is 0.255 e. The third-order valence-corrected chi connectivity index (χ3v) is 6.64. The molecule has 0 unspecified atom stereocenters. The zero-order valence-electron chi connectivity index (χ0n) is 17.9. The van der Waals surface area contributed by atoms with Gasteiger partial charge in [0.2, 0.25) is 15.9 Å². The van der Waals surface area contributed by atoms with Crippen LogP contribution in [0.2, 0.25) is 0 Å². The van der Waals surface area contributed by atoms with E-state index in [1.54, 1.807) is 49.4 Å². The Balaban J connectivity index is 1.47. The number of aromatic nitrogens is 1. The number of nitrogens with zero attached hydrogens (tertiary/aromatic N) is 2. The van der Waals surface area contributed by atoms with E-state index >= 15 is 0 Å². The summed E-state index contributed by atoms with van der Waals surface area (Å²) in [6, 6.07) is 16.3. The summed E-state index contributed by atoms with van der Waals surface area (Å²) < 4.78 is 33.3. The summed E-state index contributed by atoms with van der Waals surface area (Å²) in [5.74, 6) is 0.646. The summed E-state index contributed by atoms with van der Waals surface area (Å²) in [5, 5.41) is 12.0. The van der Waals surface area contributed by atoms with Crippen LogP contribution in [-0.4, -0.2) is 25.9 Å². The van der Waals surface area contributed by atoms with Gasteiger partial charge in [-0.15, -0.1) is 0 Å². The van der Waals surface area contributed by atoms with E-state index in [4.69, 9.17) is 4.74 Å². The molecule has 2 N–H and O–H groups in total. The molecule has 33 heavy (non-hydrogen) atoms. The van der Waals surface area contributed by atoms with Crippen LogP contribution in [0.4, 0.5) is 5.69 Å². The van der Waals surface area contributed by atoms with Gasteiger partial charge in [-0.05, 0) is 79.8 Å². The van der Waals surface area contributed by atoms with Gasteiger partial charge in [-0.2, -0.15) is 5.26 Å².